The van der Waals surface area contributed by atoms with E-state index in [1.807, 2.05) is 11.4 Å². The molecule has 0 amide bonds. The van der Waals surface area contributed by atoms with Gasteiger partial charge < -0.3 is 0 Å². The van der Waals surface area contributed by atoms with Crippen molar-refractivity contribution in [1.82, 2.24) is 0 Å². The van der Waals surface area contributed by atoms with E-state index in [-0.39, 0.29) is 5.38 Å². The zero-order chi connectivity index (χ0) is 10.1. The van der Waals surface area contributed by atoms with Gasteiger partial charge in [-0.1, -0.05) is 6.07 Å². The number of halogens is 3. The van der Waals surface area contributed by atoms with Crippen molar-refractivity contribution in [1.29, 1.82) is 0 Å². The summed E-state index contributed by atoms with van der Waals surface area (Å²) >= 11 is 16.6. The van der Waals surface area contributed by atoms with E-state index in [1.54, 1.807) is 22.7 Å². The average molecular weight is 373 g/mol. The number of hydrogen-bond donors (Lipinski definition) is 0. The third kappa shape index (κ3) is 2.25. The lowest BCUT2D eigenvalue weighted by atomic mass is 10.3. The fraction of sp³-hybridized carbons (Fsp3) is 0.111. The van der Waals surface area contributed by atoms with E-state index in [0.29, 0.717) is 0 Å². The summed E-state index contributed by atoms with van der Waals surface area (Å²) in [7, 11) is 0. The van der Waals surface area contributed by atoms with E-state index in [0.717, 1.165) is 13.1 Å². The van der Waals surface area contributed by atoms with E-state index in [4.69, 9.17) is 11.6 Å². The molecule has 0 aliphatic heterocycles. The summed E-state index contributed by atoms with van der Waals surface area (Å²) in [5.74, 6) is 0. The van der Waals surface area contributed by atoms with Gasteiger partial charge in [0.1, 0.15) is 5.38 Å². The van der Waals surface area contributed by atoms with Crippen LogP contribution in [0.3, 0.4) is 0 Å². The molecule has 0 bridgehead atoms. The first-order chi connectivity index (χ1) is 6.68. The highest BCUT2D eigenvalue weighted by Crippen LogP contribution is 2.41. The first-order valence-electron chi connectivity index (χ1n) is 3.80. The highest BCUT2D eigenvalue weighted by atomic mass is 79.9. The lowest BCUT2D eigenvalue weighted by Gasteiger charge is -2.02. The number of hydrogen-bond acceptors (Lipinski definition) is 2. The number of alkyl halides is 1. The summed E-state index contributed by atoms with van der Waals surface area (Å²) in [5.41, 5.74) is 0. The summed E-state index contributed by atoms with van der Waals surface area (Å²) in [4.78, 5) is 2.35. The molecule has 0 spiro atoms. The molecular weight excluding hydrogens is 367 g/mol. The fourth-order valence-corrected chi connectivity index (χ4v) is 4.37. The van der Waals surface area contributed by atoms with Gasteiger partial charge in [0.15, 0.2) is 0 Å². The lowest BCUT2D eigenvalue weighted by molar-refractivity contribution is 1.24. The summed E-state index contributed by atoms with van der Waals surface area (Å²) < 4.78 is 2.16. The Bertz CT molecular complexity index is 402. The highest BCUT2D eigenvalue weighted by Gasteiger charge is 2.15. The first-order valence-corrected chi connectivity index (χ1v) is 7.52. The lowest BCUT2D eigenvalue weighted by Crippen LogP contribution is -1.83. The second kappa shape index (κ2) is 4.66. The SMILES string of the molecule is ClC(c1cccs1)c1cc(Br)c(Br)s1. The maximum Gasteiger partial charge on any atom is 0.102 e. The minimum absolute atomic E-state index is 0.0254. The molecule has 0 fully saturated rings. The third-order valence-corrected chi connectivity index (χ3v) is 6.69. The Morgan fingerprint density at radius 1 is 1.29 bits per heavy atom. The van der Waals surface area contributed by atoms with Gasteiger partial charge >= 0.3 is 0 Å². The molecule has 0 saturated carbocycles. The van der Waals surface area contributed by atoms with Crippen molar-refractivity contribution in [3.63, 3.8) is 0 Å². The zero-order valence-electron chi connectivity index (χ0n) is 6.84. The minimum atomic E-state index is -0.0254. The van der Waals surface area contributed by atoms with Crippen LogP contribution in [-0.2, 0) is 0 Å². The Kier molecular flexibility index (Phi) is 3.71. The van der Waals surface area contributed by atoms with Crippen LogP contribution in [0, 0.1) is 0 Å². The Balaban J connectivity index is 2.32. The van der Waals surface area contributed by atoms with Gasteiger partial charge in [-0.25, -0.2) is 0 Å². The van der Waals surface area contributed by atoms with Crippen molar-refractivity contribution >= 4 is 66.1 Å². The smallest absolute Gasteiger partial charge is 0.102 e. The van der Waals surface area contributed by atoms with E-state index < -0.39 is 0 Å². The molecule has 0 radical (unpaired) electrons. The molecule has 0 saturated heterocycles. The van der Waals surface area contributed by atoms with Gasteiger partial charge in [-0.05, 0) is 49.4 Å². The van der Waals surface area contributed by atoms with Gasteiger partial charge in [-0.3, -0.25) is 0 Å². The molecule has 5 heteroatoms. The van der Waals surface area contributed by atoms with E-state index in [9.17, 15) is 0 Å². The zero-order valence-corrected chi connectivity index (χ0v) is 12.4. The van der Waals surface area contributed by atoms with Gasteiger partial charge in [-0.15, -0.1) is 34.3 Å². The van der Waals surface area contributed by atoms with Crippen LogP contribution in [0.5, 0.6) is 0 Å². The molecule has 0 aliphatic carbocycles. The summed E-state index contributed by atoms with van der Waals surface area (Å²) in [6.07, 6.45) is 0. The second-order valence-corrected chi connectivity index (χ2v) is 7.32. The van der Waals surface area contributed by atoms with Gasteiger partial charge in [-0.2, -0.15) is 0 Å². The van der Waals surface area contributed by atoms with Crippen LogP contribution in [0.15, 0.2) is 31.8 Å². The fourth-order valence-electron chi connectivity index (χ4n) is 1.06. The first kappa shape index (κ1) is 11.1. The van der Waals surface area contributed by atoms with Crippen molar-refractivity contribution in [3.05, 3.63) is 41.6 Å². The van der Waals surface area contributed by atoms with E-state index in [2.05, 4.69) is 44.0 Å². The van der Waals surface area contributed by atoms with Crippen molar-refractivity contribution in [2.75, 3.05) is 0 Å². The molecule has 1 atom stereocenters. The van der Waals surface area contributed by atoms with E-state index >= 15 is 0 Å². The Morgan fingerprint density at radius 3 is 2.57 bits per heavy atom. The van der Waals surface area contributed by atoms with Gasteiger partial charge in [0.25, 0.3) is 0 Å². The number of rotatable bonds is 2. The van der Waals surface area contributed by atoms with Crippen LogP contribution >= 0.6 is 66.1 Å². The van der Waals surface area contributed by atoms with Crippen LogP contribution in [-0.4, -0.2) is 0 Å². The highest BCUT2D eigenvalue weighted by molar-refractivity contribution is 9.13. The molecule has 2 aromatic rings. The third-order valence-electron chi connectivity index (χ3n) is 1.71. The largest absolute Gasteiger partial charge is 0.147 e. The predicted octanol–water partition coefficient (Wildman–Crippen LogP) is 5.66. The van der Waals surface area contributed by atoms with Crippen molar-refractivity contribution in [2.45, 2.75) is 5.38 Å². The van der Waals surface area contributed by atoms with Crippen molar-refractivity contribution in [3.8, 4) is 0 Å². The van der Waals surface area contributed by atoms with Crippen LogP contribution in [0.2, 0.25) is 0 Å². The van der Waals surface area contributed by atoms with Crippen LogP contribution < -0.4 is 0 Å². The monoisotopic (exact) mass is 370 g/mol. The molecular formula is C9H5Br2ClS2. The molecule has 0 N–H and O–H groups in total. The quantitative estimate of drug-likeness (QED) is 0.597. The normalized spacial score (nSPS) is 13.1. The maximum absolute atomic E-state index is 6.34. The summed E-state index contributed by atoms with van der Waals surface area (Å²) in [6, 6.07) is 6.14. The van der Waals surface area contributed by atoms with Gasteiger partial charge in [0.05, 0.1) is 3.79 Å². The Labute approximate surface area is 112 Å². The molecule has 2 rings (SSSR count). The number of thiophene rings is 2. The molecule has 74 valence electrons. The topological polar surface area (TPSA) is 0 Å². The summed E-state index contributed by atoms with van der Waals surface area (Å²) in [5, 5.41) is 2.02. The Morgan fingerprint density at radius 2 is 2.07 bits per heavy atom. The van der Waals surface area contributed by atoms with Crippen molar-refractivity contribution in [2.24, 2.45) is 0 Å². The molecule has 0 nitrogen and oxygen atoms in total. The Hall–Kier alpha value is 0.650. The molecule has 0 aliphatic rings. The van der Waals surface area contributed by atoms with E-state index in [1.165, 1.54) is 4.88 Å². The summed E-state index contributed by atoms with van der Waals surface area (Å²) in [6.45, 7) is 0. The predicted molar refractivity (Wildman–Crippen MR) is 71.7 cm³/mol. The molecule has 0 aromatic carbocycles. The minimum Gasteiger partial charge on any atom is -0.147 e. The van der Waals surface area contributed by atoms with Gasteiger partial charge in [0, 0.05) is 14.2 Å². The van der Waals surface area contributed by atoms with Gasteiger partial charge in [0.2, 0.25) is 0 Å². The maximum atomic E-state index is 6.34. The molecule has 14 heavy (non-hydrogen) atoms. The average Bonchev–Trinajstić information content (AvgIpc) is 2.76. The molecule has 2 heterocycles. The van der Waals surface area contributed by atoms with Crippen LogP contribution in [0.25, 0.3) is 0 Å². The van der Waals surface area contributed by atoms with Crippen molar-refractivity contribution < 1.29 is 0 Å². The van der Waals surface area contributed by atoms with Crippen LogP contribution in [0.1, 0.15) is 15.1 Å². The van der Waals surface area contributed by atoms with Crippen LogP contribution in [0.4, 0.5) is 0 Å². The molecule has 2 aromatic heterocycles. The standard InChI is InChI=1S/C9H5Br2ClS2/c10-5-4-7(14-9(5)11)8(12)6-2-1-3-13-6/h1-4,8H. The second-order valence-electron chi connectivity index (χ2n) is 2.65. The molecule has 1 unspecified atom stereocenters.